The zero-order valence-corrected chi connectivity index (χ0v) is 12.7. The summed E-state index contributed by atoms with van der Waals surface area (Å²) in [6.45, 7) is 13.0. The third kappa shape index (κ3) is 13.3. The molecule has 1 amide bonds. The molecule has 18 heavy (non-hydrogen) atoms. The maximum absolute atomic E-state index is 11.5. The van der Waals surface area contributed by atoms with E-state index in [9.17, 15) is 4.79 Å². The van der Waals surface area contributed by atoms with Crippen molar-refractivity contribution in [3.05, 3.63) is 0 Å². The Kier molecular flexibility index (Phi) is 12.2. The van der Waals surface area contributed by atoms with Gasteiger partial charge in [-0.25, -0.2) is 4.79 Å². The standard InChI is InChI=1S/C11H24N2O3.C2H6/c1-5-12-8-9(6-7-14)13-10(15)16-11(2,3)4;1-2/h9,12,14H,5-8H2,1-4H3,(H,13,15);1-2H3/t9-;/m0./s1. The van der Waals surface area contributed by atoms with Crippen molar-refractivity contribution < 1.29 is 14.6 Å². The van der Waals surface area contributed by atoms with Crippen LogP contribution in [-0.4, -0.2) is 42.5 Å². The number of aliphatic hydroxyl groups excluding tert-OH is 1. The van der Waals surface area contributed by atoms with Crippen molar-refractivity contribution in [2.75, 3.05) is 19.7 Å². The van der Waals surface area contributed by atoms with Crippen molar-refractivity contribution in [3.8, 4) is 0 Å². The van der Waals surface area contributed by atoms with Gasteiger partial charge in [-0.1, -0.05) is 20.8 Å². The van der Waals surface area contributed by atoms with Gasteiger partial charge in [0.25, 0.3) is 0 Å². The zero-order valence-electron chi connectivity index (χ0n) is 12.7. The number of carbonyl (C=O) groups is 1. The Morgan fingerprint density at radius 3 is 2.28 bits per heavy atom. The Bertz CT molecular complexity index is 203. The number of hydrogen-bond donors (Lipinski definition) is 3. The van der Waals surface area contributed by atoms with Crippen LogP contribution >= 0.6 is 0 Å². The molecule has 0 aromatic heterocycles. The molecule has 0 radical (unpaired) electrons. The van der Waals surface area contributed by atoms with E-state index in [0.717, 1.165) is 6.54 Å². The molecule has 1 atom stereocenters. The minimum atomic E-state index is -0.494. The van der Waals surface area contributed by atoms with Crippen LogP contribution in [0.4, 0.5) is 4.79 Å². The van der Waals surface area contributed by atoms with Crippen molar-refractivity contribution in [1.82, 2.24) is 10.6 Å². The molecule has 0 fully saturated rings. The fourth-order valence-corrected chi connectivity index (χ4v) is 1.17. The van der Waals surface area contributed by atoms with Crippen LogP contribution in [0.15, 0.2) is 0 Å². The molecule has 0 unspecified atom stereocenters. The van der Waals surface area contributed by atoms with Crippen LogP contribution in [0.2, 0.25) is 0 Å². The van der Waals surface area contributed by atoms with Gasteiger partial charge in [0.2, 0.25) is 0 Å². The van der Waals surface area contributed by atoms with Crippen LogP contribution in [0.5, 0.6) is 0 Å². The predicted molar refractivity (Wildman–Crippen MR) is 74.8 cm³/mol. The van der Waals surface area contributed by atoms with E-state index in [2.05, 4.69) is 10.6 Å². The van der Waals surface area contributed by atoms with Gasteiger partial charge in [0.05, 0.1) is 0 Å². The third-order valence-corrected chi connectivity index (χ3v) is 1.84. The van der Waals surface area contributed by atoms with Gasteiger partial charge >= 0.3 is 6.09 Å². The fraction of sp³-hybridized carbons (Fsp3) is 0.923. The number of likely N-dealkylation sites (N-methyl/N-ethyl adjacent to an activating group) is 1. The second kappa shape index (κ2) is 11.3. The van der Waals surface area contributed by atoms with E-state index < -0.39 is 11.7 Å². The largest absolute Gasteiger partial charge is 0.444 e. The lowest BCUT2D eigenvalue weighted by atomic mass is 10.2. The third-order valence-electron chi connectivity index (χ3n) is 1.84. The summed E-state index contributed by atoms with van der Waals surface area (Å²) in [5.41, 5.74) is -0.494. The van der Waals surface area contributed by atoms with Crippen LogP contribution in [0.3, 0.4) is 0 Å². The number of rotatable bonds is 6. The normalized spacial score (nSPS) is 12.2. The van der Waals surface area contributed by atoms with Gasteiger partial charge in [-0.15, -0.1) is 0 Å². The molecule has 110 valence electrons. The summed E-state index contributed by atoms with van der Waals surface area (Å²) in [7, 11) is 0. The van der Waals surface area contributed by atoms with Crippen LogP contribution in [-0.2, 0) is 4.74 Å². The van der Waals surface area contributed by atoms with E-state index in [1.54, 1.807) is 0 Å². The molecule has 0 rings (SSSR count). The molecule has 0 spiro atoms. The van der Waals surface area contributed by atoms with Crippen LogP contribution in [0.25, 0.3) is 0 Å². The van der Waals surface area contributed by atoms with Crippen molar-refractivity contribution in [2.24, 2.45) is 0 Å². The molecule has 0 saturated carbocycles. The average molecular weight is 262 g/mol. The van der Waals surface area contributed by atoms with E-state index in [0.29, 0.717) is 13.0 Å². The van der Waals surface area contributed by atoms with E-state index >= 15 is 0 Å². The molecule has 0 aliphatic rings. The van der Waals surface area contributed by atoms with Gasteiger partial charge in [0.1, 0.15) is 5.60 Å². The summed E-state index contributed by atoms with van der Waals surface area (Å²) in [6.07, 6.45) is 0.0792. The highest BCUT2D eigenvalue weighted by molar-refractivity contribution is 5.68. The Balaban J connectivity index is 0. The monoisotopic (exact) mass is 262 g/mol. The number of hydrogen-bond acceptors (Lipinski definition) is 4. The summed E-state index contributed by atoms with van der Waals surface area (Å²) in [5.74, 6) is 0. The Morgan fingerprint density at radius 1 is 1.33 bits per heavy atom. The molecule has 0 heterocycles. The van der Waals surface area contributed by atoms with Gasteiger partial charge < -0.3 is 20.5 Å². The number of aliphatic hydroxyl groups is 1. The number of carbonyl (C=O) groups excluding carboxylic acids is 1. The number of nitrogens with one attached hydrogen (secondary N) is 2. The van der Waals surface area contributed by atoms with Crippen LogP contribution in [0, 0.1) is 0 Å². The molecule has 0 bridgehead atoms. The molecule has 0 saturated heterocycles. The van der Waals surface area contributed by atoms with Crippen molar-refractivity contribution in [1.29, 1.82) is 0 Å². The highest BCUT2D eigenvalue weighted by atomic mass is 16.6. The number of amides is 1. The lowest BCUT2D eigenvalue weighted by molar-refractivity contribution is 0.0497. The first-order valence-corrected chi connectivity index (χ1v) is 6.70. The lowest BCUT2D eigenvalue weighted by Crippen LogP contribution is -2.44. The molecule has 3 N–H and O–H groups in total. The topological polar surface area (TPSA) is 70.6 Å². The maximum atomic E-state index is 11.5. The molecule has 0 aliphatic heterocycles. The second-order valence-electron chi connectivity index (χ2n) is 4.66. The maximum Gasteiger partial charge on any atom is 0.407 e. The van der Waals surface area contributed by atoms with Gasteiger partial charge in [-0.2, -0.15) is 0 Å². The number of ether oxygens (including phenoxy) is 1. The van der Waals surface area contributed by atoms with Crippen molar-refractivity contribution in [2.45, 2.75) is 59.6 Å². The molecular formula is C13H30N2O3. The summed E-state index contributed by atoms with van der Waals surface area (Å²) in [5, 5.41) is 14.7. The Labute approximate surface area is 111 Å². The highest BCUT2D eigenvalue weighted by Gasteiger charge is 2.18. The first kappa shape index (κ1) is 19.5. The SMILES string of the molecule is CC.CCNC[C@H](CCO)NC(=O)OC(C)(C)C. The average Bonchev–Trinajstić information content (AvgIpc) is 2.26. The van der Waals surface area contributed by atoms with Gasteiger partial charge in [-0.05, 0) is 33.7 Å². The Hall–Kier alpha value is -0.810. The van der Waals surface area contributed by atoms with Gasteiger partial charge in [-0.3, -0.25) is 0 Å². The van der Waals surface area contributed by atoms with Crippen molar-refractivity contribution >= 4 is 6.09 Å². The van der Waals surface area contributed by atoms with Gasteiger partial charge in [0, 0.05) is 19.2 Å². The van der Waals surface area contributed by atoms with Gasteiger partial charge in [0.15, 0.2) is 0 Å². The van der Waals surface area contributed by atoms with Crippen LogP contribution in [0.1, 0.15) is 48.0 Å². The minimum Gasteiger partial charge on any atom is -0.444 e. The molecule has 0 aromatic carbocycles. The summed E-state index contributed by atoms with van der Waals surface area (Å²) in [6, 6.07) is -0.0974. The summed E-state index contributed by atoms with van der Waals surface area (Å²) < 4.78 is 5.14. The van der Waals surface area contributed by atoms with E-state index in [1.165, 1.54) is 0 Å². The van der Waals surface area contributed by atoms with Crippen LogP contribution < -0.4 is 10.6 Å². The fourth-order valence-electron chi connectivity index (χ4n) is 1.17. The van der Waals surface area contributed by atoms with Crippen molar-refractivity contribution in [3.63, 3.8) is 0 Å². The van der Waals surface area contributed by atoms with E-state index in [4.69, 9.17) is 9.84 Å². The molecule has 0 aromatic rings. The molecular weight excluding hydrogens is 232 g/mol. The quantitative estimate of drug-likeness (QED) is 0.684. The number of alkyl carbamates (subject to hydrolysis) is 1. The molecule has 5 heteroatoms. The predicted octanol–water partition coefficient (Wildman–Crippen LogP) is 1.90. The zero-order chi connectivity index (χ0) is 14.6. The highest BCUT2D eigenvalue weighted by Crippen LogP contribution is 2.06. The molecule has 0 aliphatic carbocycles. The first-order chi connectivity index (χ1) is 8.39. The summed E-state index contributed by atoms with van der Waals surface area (Å²) >= 11 is 0. The first-order valence-electron chi connectivity index (χ1n) is 6.70. The second-order valence-corrected chi connectivity index (χ2v) is 4.66. The summed E-state index contributed by atoms with van der Waals surface area (Å²) in [4.78, 5) is 11.5. The molecule has 5 nitrogen and oxygen atoms in total. The van der Waals surface area contributed by atoms with E-state index in [1.807, 2.05) is 41.5 Å². The Morgan fingerprint density at radius 2 is 1.89 bits per heavy atom. The minimum absolute atomic E-state index is 0.0475. The lowest BCUT2D eigenvalue weighted by Gasteiger charge is -2.23. The smallest absolute Gasteiger partial charge is 0.407 e. The van der Waals surface area contributed by atoms with E-state index in [-0.39, 0.29) is 12.6 Å².